The highest BCUT2D eigenvalue weighted by molar-refractivity contribution is 9.10. The van der Waals surface area contributed by atoms with Crippen LogP contribution in [-0.4, -0.2) is 17.2 Å². The summed E-state index contributed by atoms with van der Waals surface area (Å²) in [5.74, 6) is 0.115. The zero-order chi connectivity index (χ0) is 14.5. The van der Waals surface area contributed by atoms with Gasteiger partial charge in [0.05, 0.1) is 5.25 Å². The third kappa shape index (κ3) is 4.42. The van der Waals surface area contributed by atoms with E-state index in [-0.39, 0.29) is 11.2 Å². The molecule has 3 nitrogen and oxygen atoms in total. The Bertz CT molecular complexity index is 475. The Labute approximate surface area is 133 Å². The first kappa shape index (κ1) is 15.7. The second-order valence-corrected chi connectivity index (χ2v) is 7.58. The van der Waals surface area contributed by atoms with E-state index in [1.165, 1.54) is 31.0 Å². The highest BCUT2D eigenvalue weighted by atomic mass is 79.9. The normalized spacial score (nSPS) is 17.7. The predicted molar refractivity (Wildman–Crippen MR) is 88.9 cm³/mol. The van der Waals surface area contributed by atoms with Gasteiger partial charge in [0.1, 0.15) is 0 Å². The molecular formula is C15H21BrN2OS. The van der Waals surface area contributed by atoms with Gasteiger partial charge >= 0.3 is 0 Å². The Hall–Kier alpha value is -0.680. The van der Waals surface area contributed by atoms with Crippen molar-refractivity contribution >= 4 is 39.3 Å². The van der Waals surface area contributed by atoms with Gasteiger partial charge in [-0.25, -0.2) is 0 Å². The lowest BCUT2D eigenvalue weighted by atomic mass is 9.95. The minimum Gasteiger partial charge on any atom is -0.398 e. The molecule has 0 radical (unpaired) electrons. The number of hydrogen-bond donors (Lipinski definition) is 2. The molecular weight excluding hydrogens is 336 g/mol. The van der Waals surface area contributed by atoms with Gasteiger partial charge in [-0.2, -0.15) is 0 Å². The fourth-order valence-corrected chi connectivity index (χ4v) is 3.71. The van der Waals surface area contributed by atoms with Crippen LogP contribution in [0.4, 0.5) is 5.69 Å². The molecule has 2 rings (SSSR count). The average Bonchev–Trinajstić information content (AvgIpc) is 2.43. The Kier molecular flexibility index (Phi) is 5.78. The van der Waals surface area contributed by atoms with E-state index in [1.807, 2.05) is 25.1 Å². The summed E-state index contributed by atoms with van der Waals surface area (Å²) in [5, 5.41) is 3.04. The van der Waals surface area contributed by atoms with E-state index < -0.39 is 0 Å². The number of nitrogen functional groups attached to an aromatic ring is 1. The predicted octanol–water partition coefficient (Wildman–Crippen LogP) is 3.96. The summed E-state index contributed by atoms with van der Waals surface area (Å²) in [7, 11) is 0. The number of halogens is 1. The smallest absolute Gasteiger partial charge is 0.233 e. The minimum absolute atomic E-state index is 0.115. The van der Waals surface area contributed by atoms with Gasteiger partial charge in [0.25, 0.3) is 0 Å². The lowest BCUT2D eigenvalue weighted by Gasteiger charge is -2.24. The van der Waals surface area contributed by atoms with Crippen molar-refractivity contribution in [2.45, 2.75) is 55.2 Å². The van der Waals surface area contributed by atoms with Crippen LogP contribution in [0, 0.1) is 0 Å². The van der Waals surface area contributed by atoms with Crippen molar-refractivity contribution in [2.75, 3.05) is 5.73 Å². The number of nitrogens with one attached hydrogen (secondary N) is 1. The fraction of sp³-hybridized carbons (Fsp3) is 0.533. The van der Waals surface area contributed by atoms with Crippen molar-refractivity contribution in [3.8, 4) is 0 Å². The van der Waals surface area contributed by atoms with Crippen molar-refractivity contribution in [3.63, 3.8) is 0 Å². The van der Waals surface area contributed by atoms with Crippen molar-refractivity contribution in [2.24, 2.45) is 0 Å². The number of nitrogens with two attached hydrogens (primary N) is 1. The lowest BCUT2D eigenvalue weighted by molar-refractivity contribution is -0.121. The third-order valence-electron chi connectivity index (χ3n) is 3.60. The summed E-state index contributed by atoms with van der Waals surface area (Å²) in [6.45, 7) is 1.93. The molecule has 1 aromatic rings. The molecule has 1 aromatic carbocycles. The zero-order valence-corrected chi connectivity index (χ0v) is 14.1. The molecule has 0 saturated heterocycles. The first-order valence-corrected chi connectivity index (χ1v) is 8.75. The summed E-state index contributed by atoms with van der Waals surface area (Å²) in [6.07, 6.45) is 5.98. The molecule has 0 heterocycles. The van der Waals surface area contributed by atoms with Gasteiger partial charge in [-0.1, -0.05) is 35.2 Å². The molecule has 1 fully saturated rings. The van der Waals surface area contributed by atoms with Crippen molar-refractivity contribution < 1.29 is 4.79 Å². The molecule has 1 saturated carbocycles. The summed E-state index contributed by atoms with van der Waals surface area (Å²) in [4.78, 5) is 13.2. The average molecular weight is 357 g/mol. The molecule has 0 aromatic heterocycles. The molecule has 3 N–H and O–H groups in total. The van der Waals surface area contributed by atoms with Crippen molar-refractivity contribution in [3.05, 3.63) is 22.7 Å². The van der Waals surface area contributed by atoms with Gasteiger partial charge in [0.15, 0.2) is 0 Å². The maximum atomic E-state index is 12.2. The molecule has 5 heteroatoms. The van der Waals surface area contributed by atoms with Crippen LogP contribution < -0.4 is 11.1 Å². The van der Waals surface area contributed by atoms with Crippen LogP contribution in [0.1, 0.15) is 39.0 Å². The molecule has 0 aliphatic heterocycles. The van der Waals surface area contributed by atoms with Crippen LogP contribution in [0.3, 0.4) is 0 Å². The summed E-state index contributed by atoms with van der Waals surface area (Å²) in [6, 6.07) is 6.13. The number of carbonyl (C=O) groups excluding carboxylic acids is 1. The molecule has 0 spiro atoms. The number of benzene rings is 1. The first-order chi connectivity index (χ1) is 9.56. The number of anilines is 1. The Morgan fingerprint density at radius 1 is 1.40 bits per heavy atom. The van der Waals surface area contributed by atoms with E-state index in [1.54, 1.807) is 0 Å². The summed E-state index contributed by atoms with van der Waals surface area (Å²) < 4.78 is 0.957. The monoisotopic (exact) mass is 356 g/mol. The molecule has 1 unspecified atom stereocenters. The Morgan fingerprint density at radius 2 is 2.10 bits per heavy atom. The van der Waals surface area contributed by atoms with Crippen LogP contribution in [0.2, 0.25) is 0 Å². The zero-order valence-electron chi connectivity index (χ0n) is 11.7. The van der Waals surface area contributed by atoms with Gasteiger partial charge in [-0.05, 0) is 38.0 Å². The van der Waals surface area contributed by atoms with Crippen LogP contribution in [-0.2, 0) is 4.79 Å². The van der Waals surface area contributed by atoms with E-state index in [9.17, 15) is 4.79 Å². The topological polar surface area (TPSA) is 55.1 Å². The maximum absolute atomic E-state index is 12.2. The van der Waals surface area contributed by atoms with Crippen LogP contribution >= 0.6 is 27.7 Å². The van der Waals surface area contributed by atoms with E-state index in [2.05, 4.69) is 21.2 Å². The number of rotatable bonds is 4. The lowest BCUT2D eigenvalue weighted by Crippen LogP contribution is -2.40. The van der Waals surface area contributed by atoms with Gasteiger partial charge in [-0.3, -0.25) is 4.79 Å². The molecule has 1 atom stereocenters. The van der Waals surface area contributed by atoms with Crippen LogP contribution in [0.25, 0.3) is 0 Å². The standard InChI is InChI=1S/C15H21BrN2OS/c1-10(15(19)18-12-5-3-2-4-6-12)20-14-8-7-11(16)9-13(14)17/h7-10,12H,2-6,17H2,1H3,(H,18,19). The van der Waals surface area contributed by atoms with E-state index in [0.29, 0.717) is 11.7 Å². The fourth-order valence-electron chi connectivity index (χ4n) is 2.44. The second kappa shape index (κ2) is 7.36. The first-order valence-electron chi connectivity index (χ1n) is 7.08. The SMILES string of the molecule is CC(Sc1ccc(Br)cc1N)C(=O)NC1CCCCC1. The van der Waals surface area contributed by atoms with Crippen LogP contribution in [0.15, 0.2) is 27.6 Å². The molecule has 110 valence electrons. The minimum atomic E-state index is -0.125. The van der Waals surface area contributed by atoms with E-state index in [4.69, 9.17) is 5.73 Å². The number of hydrogen-bond acceptors (Lipinski definition) is 3. The Balaban J connectivity index is 1.89. The highest BCUT2D eigenvalue weighted by Gasteiger charge is 2.20. The maximum Gasteiger partial charge on any atom is 0.233 e. The van der Waals surface area contributed by atoms with Crippen molar-refractivity contribution in [1.29, 1.82) is 0 Å². The van der Waals surface area contributed by atoms with Gasteiger partial charge in [0, 0.05) is 21.1 Å². The molecule has 1 aliphatic rings. The van der Waals surface area contributed by atoms with Crippen LogP contribution in [0.5, 0.6) is 0 Å². The molecule has 0 bridgehead atoms. The van der Waals surface area contributed by atoms with Gasteiger partial charge in [-0.15, -0.1) is 11.8 Å². The Morgan fingerprint density at radius 3 is 2.75 bits per heavy atom. The highest BCUT2D eigenvalue weighted by Crippen LogP contribution is 2.31. The number of thioether (sulfide) groups is 1. The van der Waals surface area contributed by atoms with Gasteiger partial charge < -0.3 is 11.1 Å². The third-order valence-corrected chi connectivity index (χ3v) is 5.28. The van der Waals surface area contributed by atoms with Gasteiger partial charge in [0.2, 0.25) is 5.91 Å². The molecule has 1 amide bonds. The molecule has 20 heavy (non-hydrogen) atoms. The van der Waals surface area contributed by atoms with E-state index >= 15 is 0 Å². The number of carbonyl (C=O) groups is 1. The van der Waals surface area contributed by atoms with Crippen molar-refractivity contribution in [1.82, 2.24) is 5.32 Å². The summed E-state index contributed by atoms with van der Waals surface area (Å²) in [5.41, 5.74) is 6.68. The van der Waals surface area contributed by atoms with E-state index in [0.717, 1.165) is 22.2 Å². The summed E-state index contributed by atoms with van der Waals surface area (Å²) >= 11 is 4.91. The molecule has 1 aliphatic carbocycles. The number of amides is 1. The largest absolute Gasteiger partial charge is 0.398 e. The second-order valence-electron chi connectivity index (χ2n) is 5.29. The quantitative estimate of drug-likeness (QED) is 0.634.